The first-order valence-corrected chi connectivity index (χ1v) is 10.5. The minimum absolute atomic E-state index is 0.0756. The summed E-state index contributed by atoms with van der Waals surface area (Å²) in [6, 6.07) is 4.66. The number of halogens is 1. The van der Waals surface area contributed by atoms with Crippen LogP contribution in [-0.4, -0.2) is 54.5 Å². The highest BCUT2D eigenvalue weighted by Crippen LogP contribution is 2.39. The monoisotopic (exact) mass is 378 g/mol. The SMILES string of the molecule is CCCN1CCO[C@@H]2c3cc(C(=O)N(CC)CC)c(CCl)cc3CC[C@H]21. The van der Waals surface area contributed by atoms with Crippen molar-refractivity contribution in [2.45, 2.75) is 58.1 Å². The second kappa shape index (κ2) is 8.73. The van der Waals surface area contributed by atoms with Crippen molar-refractivity contribution in [3.8, 4) is 0 Å². The Balaban J connectivity index is 1.98. The van der Waals surface area contributed by atoms with Gasteiger partial charge in [0, 0.05) is 37.1 Å². The summed E-state index contributed by atoms with van der Waals surface area (Å²) in [4.78, 5) is 17.4. The van der Waals surface area contributed by atoms with Crippen LogP contribution >= 0.6 is 11.6 Å². The van der Waals surface area contributed by atoms with Crippen LogP contribution in [0.2, 0.25) is 0 Å². The van der Waals surface area contributed by atoms with Gasteiger partial charge >= 0.3 is 0 Å². The number of rotatable bonds is 6. The number of alkyl halides is 1. The topological polar surface area (TPSA) is 32.8 Å². The molecule has 2 atom stereocenters. The summed E-state index contributed by atoms with van der Waals surface area (Å²) in [6.07, 6.45) is 3.38. The molecule has 1 saturated heterocycles. The predicted molar refractivity (Wildman–Crippen MR) is 106 cm³/mol. The third-order valence-corrected chi connectivity index (χ3v) is 6.10. The van der Waals surface area contributed by atoms with Crippen LogP contribution in [0.4, 0.5) is 0 Å². The van der Waals surface area contributed by atoms with Gasteiger partial charge in [0.25, 0.3) is 5.91 Å². The Morgan fingerprint density at radius 2 is 2.08 bits per heavy atom. The molecule has 1 aromatic carbocycles. The molecule has 3 rings (SSSR count). The highest BCUT2D eigenvalue weighted by molar-refractivity contribution is 6.17. The van der Waals surface area contributed by atoms with Crippen molar-refractivity contribution in [1.82, 2.24) is 9.80 Å². The number of ether oxygens (including phenoxy) is 1. The van der Waals surface area contributed by atoms with Crippen LogP contribution in [0, 0.1) is 0 Å². The normalized spacial score (nSPS) is 22.6. The Morgan fingerprint density at radius 1 is 1.31 bits per heavy atom. The number of nitrogens with zero attached hydrogens (tertiary/aromatic N) is 2. The van der Waals surface area contributed by atoms with Gasteiger partial charge in [0.1, 0.15) is 0 Å². The van der Waals surface area contributed by atoms with E-state index < -0.39 is 0 Å². The summed E-state index contributed by atoms with van der Waals surface area (Å²) in [5, 5.41) is 0. The molecule has 144 valence electrons. The Bertz CT molecular complexity index is 643. The number of morpholine rings is 1. The van der Waals surface area contributed by atoms with Gasteiger partial charge in [-0.25, -0.2) is 0 Å². The van der Waals surface area contributed by atoms with Crippen LogP contribution in [-0.2, 0) is 17.0 Å². The van der Waals surface area contributed by atoms with E-state index in [1.54, 1.807) is 0 Å². The molecule has 1 aromatic rings. The molecule has 0 saturated carbocycles. The lowest BCUT2D eigenvalue weighted by Gasteiger charge is -2.45. The largest absolute Gasteiger partial charge is 0.371 e. The number of amides is 1. The maximum atomic E-state index is 13.0. The second-order valence-electron chi connectivity index (χ2n) is 7.25. The average Bonchev–Trinajstić information content (AvgIpc) is 2.68. The highest BCUT2D eigenvalue weighted by Gasteiger charge is 2.37. The zero-order valence-corrected chi connectivity index (χ0v) is 17.0. The molecule has 2 aliphatic rings. The lowest BCUT2D eigenvalue weighted by Crippen LogP contribution is -2.49. The first-order chi connectivity index (χ1) is 12.6. The van der Waals surface area contributed by atoms with E-state index >= 15 is 0 Å². The molecule has 1 aliphatic heterocycles. The van der Waals surface area contributed by atoms with E-state index in [-0.39, 0.29) is 12.0 Å². The van der Waals surface area contributed by atoms with E-state index in [4.69, 9.17) is 16.3 Å². The van der Waals surface area contributed by atoms with Crippen molar-refractivity contribution in [1.29, 1.82) is 0 Å². The van der Waals surface area contributed by atoms with Crippen molar-refractivity contribution < 1.29 is 9.53 Å². The Hall–Kier alpha value is -1.10. The molecule has 0 N–H and O–H groups in total. The van der Waals surface area contributed by atoms with Crippen LogP contribution in [0.1, 0.15) is 66.8 Å². The zero-order chi connectivity index (χ0) is 18.7. The van der Waals surface area contributed by atoms with Crippen LogP contribution in [0.5, 0.6) is 0 Å². The summed E-state index contributed by atoms with van der Waals surface area (Å²) >= 11 is 6.20. The van der Waals surface area contributed by atoms with Gasteiger partial charge in [-0.3, -0.25) is 9.69 Å². The summed E-state index contributed by atoms with van der Waals surface area (Å²) in [5.74, 6) is 0.448. The van der Waals surface area contributed by atoms with Gasteiger partial charge in [0.15, 0.2) is 0 Å². The zero-order valence-electron chi connectivity index (χ0n) is 16.3. The summed E-state index contributed by atoms with van der Waals surface area (Å²) < 4.78 is 6.21. The number of fused-ring (bicyclic) bond motifs is 3. The quantitative estimate of drug-likeness (QED) is 0.701. The molecule has 1 heterocycles. The molecule has 0 unspecified atom stereocenters. The number of carbonyl (C=O) groups is 1. The van der Waals surface area contributed by atoms with Crippen LogP contribution in [0.25, 0.3) is 0 Å². The lowest BCUT2D eigenvalue weighted by molar-refractivity contribution is -0.0801. The van der Waals surface area contributed by atoms with E-state index in [9.17, 15) is 4.79 Å². The smallest absolute Gasteiger partial charge is 0.254 e. The number of benzene rings is 1. The first-order valence-electron chi connectivity index (χ1n) is 10.0. The van der Waals surface area contributed by atoms with Crippen molar-refractivity contribution in [3.63, 3.8) is 0 Å². The molecule has 0 bridgehead atoms. The molecule has 0 radical (unpaired) electrons. The van der Waals surface area contributed by atoms with Crippen molar-refractivity contribution in [2.24, 2.45) is 0 Å². The van der Waals surface area contributed by atoms with Gasteiger partial charge < -0.3 is 9.64 Å². The second-order valence-corrected chi connectivity index (χ2v) is 7.52. The average molecular weight is 379 g/mol. The van der Waals surface area contributed by atoms with Crippen LogP contribution in [0.3, 0.4) is 0 Å². The maximum absolute atomic E-state index is 13.0. The fourth-order valence-corrected chi connectivity index (χ4v) is 4.67. The molecular weight excluding hydrogens is 348 g/mol. The molecule has 26 heavy (non-hydrogen) atoms. The van der Waals surface area contributed by atoms with Gasteiger partial charge in [-0.15, -0.1) is 11.6 Å². The number of carbonyl (C=O) groups excluding carboxylic acids is 1. The standard InChI is InChI=1S/C21H31ClN2O2/c1-4-9-24-10-11-26-20-17-13-18(21(25)23(5-2)6-3)16(14-22)12-15(17)7-8-19(20)24/h12-13,19-20H,4-11,14H2,1-3H3/t19-,20-/m1/s1. The van der Waals surface area contributed by atoms with Gasteiger partial charge in [-0.1, -0.05) is 13.0 Å². The molecule has 0 aromatic heterocycles. The van der Waals surface area contributed by atoms with Crippen molar-refractivity contribution in [3.05, 3.63) is 34.4 Å². The van der Waals surface area contributed by atoms with Crippen molar-refractivity contribution in [2.75, 3.05) is 32.8 Å². The fourth-order valence-electron chi connectivity index (χ4n) is 4.45. The lowest BCUT2D eigenvalue weighted by atomic mass is 9.82. The number of hydrogen-bond donors (Lipinski definition) is 0. The van der Waals surface area contributed by atoms with Crippen LogP contribution < -0.4 is 0 Å². The Kier molecular flexibility index (Phi) is 6.60. The molecule has 1 fully saturated rings. The maximum Gasteiger partial charge on any atom is 0.254 e. The van der Waals surface area contributed by atoms with Crippen molar-refractivity contribution >= 4 is 17.5 Å². The fraction of sp³-hybridized carbons (Fsp3) is 0.667. The minimum atomic E-state index is 0.0756. The molecule has 0 spiro atoms. The molecule has 5 heteroatoms. The summed E-state index contributed by atoms with van der Waals surface area (Å²) in [5.41, 5.74) is 4.20. The Morgan fingerprint density at radius 3 is 2.73 bits per heavy atom. The van der Waals surface area contributed by atoms with E-state index in [0.29, 0.717) is 25.0 Å². The molecular formula is C21H31ClN2O2. The van der Waals surface area contributed by atoms with Gasteiger partial charge in [0.2, 0.25) is 0 Å². The van der Waals surface area contributed by atoms with E-state index in [2.05, 4.69) is 24.0 Å². The third-order valence-electron chi connectivity index (χ3n) is 5.81. The van der Waals surface area contributed by atoms with Gasteiger partial charge in [-0.05, 0) is 62.4 Å². The minimum Gasteiger partial charge on any atom is -0.371 e. The van der Waals surface area contributed by atoms with E-state index in [1.807, 2.05) is 18.7 Å². The van der Waals surface area contributed by atoms with E-state index in [1.165, 1.54) is 11.1 Å². The first kappa shape index (κ1) is 19.7. The third kappa shape index (κ3) is 3.64. The van der Waals surface area contributed by atoms with E-state index in [0.717, 1.165) is 50.1 Å². The van der Waals surface area contributed by atoms with Gasteiger partial charge in [0.05, 0.1) is 12.7 Å². The summed E-state index contributed by atoms with van der Waals surface area (Å²) in [6.45, 7) is 10.6. The summed E-state index contributed by atoms with van der Waals surface area (Å²) in [7, 11) is 0. The Labute approximate surface area is 162 Å². The number of aryl methyl sites for hydroxylation is 1. The predicted octanol–water partition coefficient (Wildman–Crippen LogP) is 4.01. The van der Waals surface area contributed by atoms with Crippen LogP contribution in [0.15, 0.2) is 12.1 Å². The highest BCUT2D eigenvalue weighted by atomic mass is 35.5. The molecule has 1 amide bonds. The number of hydrogen-bond acceptors (Lipinski definition) is 3. The molecule has 1 aliphatic carbocycles. The van der Waals surface area contributed by atoms with Gasteiger partial charge in [-0.2, -0.15) is 0 Å². The molecule has 4 nitrogen and oxygen atoms in total.